The van der Waals surface area contributed by atoms with Crippen LogP contribution >= 0.6 is 0 Å². The summed E-state index contributed by atoms with van der Waals surface area (Å²) in [6.07, 6.45) is 2.48. The monoisotopic (exact) mass is 369 g/mol. The van der Waals surface area contributed by atoms with Crippen LogP contribution in [0.15, 0.2) is 48.5 Å². The van der Waals surface area contributed by atoms with Crippen LogP contribution in [0.3, 0.4) is 0 Å². The maximum atomic E-state index is 12.6. The lowest BCUT2D eigenvalue weighted by Crippen LogP contribution is -2.42. The molecule has 2 aromatic carbocycles. The zero-order chi connectivity index (χ0) is 19.1. The highest BCUT2D eigenvalue weighted by Gasteiger charge is 2.24. The molecule has 0 aliphatic carbocycles. The molecule has 0 bridgehead atoms. The van der Waals surface area contributed by atoms with E-state index in [1.807, 2.05) is 53.4 Å². The number of benzene rings is 2. The number of piperidine rings is 1. The summed E-state index contributed by atoms with van der Waals surface area (Å²) in [4.78, 5) is 14.6. The van der Waals surface area contributed by atoms with E-state index >= 15 is 0 Å². The van der Waals surface area contributed by atoms with Gasteiger partial charge in [0.2, 0.25) is 5.91 Å². The van der Waals surface area contributed by atoms with Crippen molar-refractivity contribution in [2.45, 2.75) is 25.9 Å². The summed E-state index contributed by atoms with van der Waals surface area (Å²) in [5.74, 6) is 2.13. The quantitative estimate of drug-likeness (QED) is 0.815. The van der Waals surface area contributed by atoms with Crippen molar-refractivity contribution in [3.8, 4) is 11.5 Å². The molecule has 0 aromatic heterocycles. The van der Waals surface area contributed by atoms with Crippen LogP contribution in [0.4, 0.5) is 0 Å². The number of methoxy groups -OCH3 is 1. The number of hydrogen-bond donors (Lipinski definition) is 1. The molecule has 1 atom stereocenters. The molecule has 1 amide bonds. The minimum Gasteiger partial charge on any atom is -0.497 e. The summed E-state index contributed by atoms with van der Waals surface area (Å²) in [5, 5.41) is 9.11. The summed E-state index contributed by atoms with van der Waals surface area (Å²) < 4.78 is 11.1. The van der Waals surface area contributed by atoms with Crippen LogP contribution in [0.1, 0.15) is 24.0 Å². The van der Waals surface area contributed by atoms with E-state index in [-0.39, 0.29) is 12.5 Å². The van der Waals surface area contributed by atoms with Crippen LogP contribution in [-0.2, 0) is 17.8 Å². The molecule has 1 saturated heterocycles. The third-order valence-corrected chi connectivity index (χ3v) is 4.98. The number of amides is 1. The number of likely N-dealkylation sites (tertiary alicyclic amines) is 1. The SMILES string of the molecule is COc1ccc(OCC2CCCN(C(=O)Cc3ccc(CO)cc3)C2)cc1. The Kier molecular flexibility index (Phi) is 6.71. The largest absolute Gasteiger partial charge is 0.497 e. The minimum absolute atomic E-state index is 0.0240. The van der Waals surface area contributed by atoms with Gasteiger partial charge in [-0.05, 0) is 48.2 Å². The molecule has 5 heteroatoms. The Labute approximate surface area is 160 Å². The number of aliphatic hydroxyl groups excluding tert-OH is 1. The van der Waals surface area contributed by atoms with Gasteiger partial charge >= 0.3 is 0 Å². The predicted octanol–water partition coefficient (Wildman–Crippen LogP) is 3.05. The predicted molar refractivity (Wildman–Crippen MR) is 104 cm³/mol. The van der Waals surface area contributed by atoms with E-state index in [0.717, 1.165) is 48.6 Å². The van der Waals surface area contributed by atoms with Crippen LogP contribution in [-0.4, -0.2) is 42.7 Å². The zero-order valence-electron chi connectivity index (χ0n) is 15.8. The van der Waals surface area contributed by atoms with Crippen LogP contribution in [0, 0.1) is 5.92 Å². The fourth-order valence-electron chi connectivity index (χ4n) is 3.36. The van der Waals surface area contributed by atoms with Gasteiger partial charge in [0.25, 0.3) is 0 Å². The Morgan fingerprint density at radius 3 is 2.41 bits per heavy atom. The molecule has 1 N–H and O–H groups in total. The second kappa shape index (κ2) is 9.42. The van der Waals surface area contributed by atoms with Gasteiger partial charge in [0.15, 0.2) is 0 Å². The number of hydrogen-bond acceptors (Lipinski definition) is 4. The van der Waals surface area contributed by atoms with Gasteiger partial charge in [-0.1, -0.05) is 24.3 Å². The highest BCUT2D eigenvalue weighted by molar-refractivity contribution is 5.78. The van der Waals surface area contributed by atoms with E-state index < -0.39 is 0 Å². The van der Waals surface area contributed by atoms with E-state index in [9.17, 15) is 4.79 Å². The normalized spacial score (nSPS) is 16.8. The molecule has 1 unspecified atom stereocenters. The van der Waals surface area contributed by atoms with Gasteiger partial charge in [0.05, 0.1) is 26.7 Å². The van der Waals surface area contributed by atoms with Crippen molar-refractivity contribution < 1.29 is 19.4 Å². The lowest BCUT2D eigenvalue weighted by Gasteiger charge is -2.32. The number of ether oxygens (including phenoxy) is 2. The van der Waals surface area contributed by atoms with Crippen LogP contribution in [0.5, 0.6) is 11.5 Å². The van der Waals surface area contributed by atoms with Crippen LogP contribution < -0.4 is 9.47 Å². The Bertz CT molecular complexity index is 727. The Morgan fingerprint density at radius 1 is 1.07 bits per heavy atom. The lowest BCUT2D eigenvalue weighted by atomic mass is 9.98. The molecule has 1 fully saturated rings. The van der Waals surface area contributed by atoms with Crippen molar-refractivity contribution in [2.24, 2.45) is 5.92 Å². The van der Waals surface area contributed by atoms with Gasteiger partial charge in [-0.2, -0.15) is 0 Å². The van der Waals surface area contributed by atoms with Crippen LogP contribution in [0.25, 0.3) is 0 Å². The fourth-order valence-corrected chi connectivity index (χ4v) is 3.36. The summed E-state index contributed by atoms with van der Waals surface area (Å²) in [6, 6.07) is 15.1. The summed E-state index contributed by atoms with van der Waals surface area (Å²) in [7, 11) is 1.64. The Hall–Kier alpha value is -2.53. The molecule has 5 nitrogen and oxygen atoms in total. The van der Waals surface area contributed by atoms with E-state index in [2.05, 4.69) is 0 Å². The van der Waals surface area contributed by atoms with Crippen molar-refractivity contribution in [1.82, 2.24) is 4.90 Å². The first-order valence-corrected chi connectivity index (χ1v) is 9.41. The molecule has 1 aliphatic heterocycles. The average molecular weight is 369 g/mol. The molecular weight excluding hydrogens is 342 g/mol. The van der Waals surface area contributed by atoms with E-state index in [4.69, 9.17) is 14.6 Å². The summed E-state index contributed by atoms with van der Waals surface area (Å²) in [5.41, 5.74) is 1.84. The number of rotatable bonds is 7. The standard InChI is InChI=1S/C22H27NO4/c1-26-20-8-10-21(11-9-20)27-16-19-3-2-12-23(14-19)22(25)13-17-4-6-18(15-24)7-5-17/h4-11,19,24H,2-3,12-16H2,1H3. The van der Waals surface area contributed by atoms with Gasteiger partial charge < -0.3 is 19.5 Å². The van der Waals surface area contributed by atoms with Gasteiger partial charge in [0, 0.05) is 19.0 Å². The lowest BCUT2D eigenvalue weighted by molar-refractivity contribution is -0.132. The van der Waals surface area contributed by atoms with Crippen molar-refractivity contribution in [2.75, 3.05) is 26.8 Å². The first-order chi connectivity index (χ1) is 13.2. The third-order valence-electron chi connectivity index (χ3n) is 4.98. The zero-order valence-corrected chi connectivity index (χ0v) is 15.8. The molecule has 144 valence electrons. The van der Waals surface area contributed by atoms with E-state index in [0.29, 0.717) is 18.9 Å². The highest BCUT2D eigenvalue weighted by Crippen LogP contribution is 2.21. The van der Waals surface area contributed by atoms with Crippen molar-refractivity contribution in [3.63, 3.8) is 0 Å². The third kappa shape index (κ3) is 5.47. The number of carbonyl (C=O) groups is 1. The van der Waals surface area contributed by atoms with Gasteiger partial charge in [-0.15, -0.1) is 0 Å². The molecule has 0 saturated carbocycles. The van der Waals surface area contributed by atoms with Gasteiger partial charge in [-0.3, -0.25) is 4.79 Å². The fraction of sp³-hybridized carbons (Fsp3) is 0.409. The van der Waals surface area contributed by atoms with Crippen molar-refractivity contribution >= 4 is 5.91 Å². The highest BCUT2D eigenvalue weighted by atomic mass is 16.5. The molecule has 3 rings (SSSR count). The molecule has 2 aromatic rings. The smallest absolute Gasteiger partial charge is 0.227 e. The Morgan fingerprint density at radius 2 is 1.74 bits per heavy atom. The molecule has 1 aliphatic rings. The molecule has 0 spiro atoms. The number of carbonyl (C=O) groups excluding carboxylic acids is 1. The molecule has 27 heavy (non-hydrogen) atoms. The second-order valence-electron chi connectivity index (χ2n) is 6.99. The van der Waals surface area contributed by atoms with Crippen molar-refractivity contribution in [1.29, 1.82) is 0 Å². The maximum absolute atomic E-state index is 12.6. The maximum Gasteiger partial charge on any atom is 0.227 e. The van der Waals surface area contributed by atoms with Gasteiger partial charge in [-0.25, -0.2) is 0 Å². The first kappa shape index (κ1) is 19.2. The van der Waals surface area contributed by atoms with E-state index in [1.165, 1.54) is 0 Å². The number of nitrogens with zero attached hydrogens (tertiary/aromatic N) is 1. The van der Waals surface area contributed by atoms with Gasteiger partial charge in [0.1, 0.15) is 11.5 Å². The van der Waals surface area contributed by atoms with E-state index in [1.54, 1.807) is 7.11 Å². The minimum atomic E-state index is 0.0240. The van der Waals surface area contributed by atoms with Crippen LogP contribution in [0.2, 0.25) is 0 Å². The second-order valence-corrected chi connectivity index (χ2v) is 6.99. The Balaban J connectivity index is 1.49. The average Bonchev–Trinajstić information content (AvgIpc) is 2.73. The first-order valence-electron chi connectivity index (χ1n) is 9.41. The summed E-state index contributed by atoms with van der Waals surface area (Å²) in [6.45, 7) is 2.19. The topological polar surface area (TPSA) is 59.0 Å². The number of aliphatic hydroxyl groups is 1. The summed E-state index contributed by atoms with van der Waals surface area (Å²) >= 11 is 0. The molecule has 1 heterocycles. The molecular formula is C22H27NO4. The molecule has 0 radical (unpaired) electrons. The van der Waals surface area contributed by atoms with Crippen molar-refractivity contribution in [3.05, 3.63) is 59.7 Å².